The summed E-state index contributed by atoms with van der Waals surface area (Å²) in [5.41, 5.74) is 0. The third kappa shape index (κ3) is 3.61. The highest BCUT2D eigenvalue weighted by Crippen LogP contribution is 2.23. The number of rotatable bonds is 4. The average molecular weight is 219 g/mol. The van der Waals surface area contributed by atoms with Crippen LogP contribution in [0, 0.1) is 0 Å². The Kier molecular flexibility index (Phi) is 3.98. The topological polar surface area (TPSA) is 63.1 Å². The third-order valence-corrected chi connectivity index (χ3v) is 2.58. The van der Waals surface area contributed by atoms with Gasteiger partial charge in [-0.25, -0.2) is 9.97 Å². The van der Waals surface area contributed by atoms with Crippen molar-refractivity contribution in [1.29, 1.82) is 0 Å². The summed E-state index contributed by atoms with van der Waals surface area (Å²) in [6.07, 6.45) is 2.97. The largest absolute Gasteiger partial charge is 0.481 e. The van der Waals surface area contributed by atoms with Gasteiger partial charge in [0, 0.05) is 5.75 Å². The van der Waals surface area contributed by atoms with Gasteiger partial charge in [0.25, 0.3) is 0 Å². The second kappa shape index (κ2) is 5.04. The quantitative estimate of drug-likeness (QED) is 0.616. The molecule has 0 unspecified atom stereocenters. The maximum absolute atomic E-state index is 10.2. The molecule has 0 atom stereocenters. The smallest absolute Gasteiger partial charge is 0.304 e. The number of aromatic nitrogens is 2. The van der Waals surface area contributed by atoms with Crippen LogP contribution in [0.1, 0.15) is 6.42 Å². The summed E-state index contributed by atoms with van der Waals surface area (Å²) in [5, 5.41) is 9.46. The van der Waals surface area contributed by atoms with Crippen LogP contribution in [0.3, 0.4) is 0 Å². The van der Waals surface area contributed by atoms with Crippen LogP contribution >= 0.6 is 23.4 Å². The number of aliphatic carboxylic acids is 1. The van der Waals surface area contributed by atoms with E-state index in [2.05, 4.69) is 9.97 Å². The van der Waals surface area contributed by atoms with E-state index in [1.54, 1.807) is 0 Å². The molecule has 0 aliphatic carbocycles. The van der Waals surface area contributed by atoms with E-state index in [9.17, 15) is 4.79 Å². The molecule has 1 N–H and O–H groups in total. The predicted octanol–water partition coefficient (Wildman–Crippen LogP) is 1.70. The first-order valence-corrected chi connectivity index (χ1v) is 4.86. The maximum atomic E-state index is 10.2. The van der Waals surface area contributed by atoms with Crippen molar-refractivity contribution < 1.29 is 9.90 Å². The van der Waals surface area contributed by atoms with E-state index in [0.717, 1.165) is 0 Å². The van der Waals surface area contributed by atoms with Crippen molar-refractivity contribution in [1.82, 2.24) is 9.97 Å². The summed E-state index contributed by atoms with van der Waals surface area (Å²) in [7, 11) is 0. The van der Waals surface area contributed by atoms with Gasteiger partial charge >= 0.3 is 5.97 Å². The van der Waals surface area contributed by atoms with Crippen LogP contribution in [0.5, 0.6) is 0 Å². The summed E-state index contributed by atoms with van der Waals surface area (Å²) in [4.78, 5) is 17.8. The van der Waals surface area contributed by atoms with Crippen molar-refractivity contribution in [2.24, 2.45) is 0 Å². The predicted molar refractivity (Wildman–Crippen MR) is 50.0 cm³/mol. The minimum Gasteiger partial charge on any atom is -0.481 e. The highest BCUT2D eigenvalue weighted by Gasteiger charge is 2.03. The Morgan fingerprint density at radius 3 is 3.08 bits per heavy atom. The van der Waals surface area contributed by atoms with E-state index in [-0.39, 0.29) is 6.42 Å². The van der Waals surface area contributed by atoms with Crippen LogP contribution in [-0.4, -0.2) is 26.8 Å². The first kappa shape index (κ1) is 10.3. The van der Waals surface area contributed by atoms with Gasteiger partial charge < -0.3 is 5.11 Å². The molecule has 0 spiro atoms. The normalized spacial score (nSPS) is 9.92. The Bertz CT molecular complexity index is 308. The number of thioether (sulfide) groups is 1. The molecule has 0 saturated carbocycles. The number of hydrogen-bond acceptors (Lipinski definition) is 4. The van der Waals surface area contributed by atoms with Gasteiger partial charge in [-0.2, -0.15) is 0 Å². The molecule has 1 aromatic heterocycles. The number of hydrogen-bond donors (Lipinski definition) is 1. The van der Waals surface area contributed by atoms with Crippen molar-refractivity contribution in [3.63, 3.8) is 0 Å². The van der Waals surface area contributed by atoms with Crippen LogP contribution in [0.25, 0.3) is 0 Å². The molecule has 0 fully saturated rings. The van der Waals surface area contributed by atoms with Gasteiger partial charge in [-0.15, -0.1) is 11.8 Å². The third-order valence-electron chi connectivity index (χ3n) is 1.19. The van der Waals surface area contributed by atoms with Crippen molar-refractivity contribution in [2.45, 2.75) is 11.4 Å². The maximum Gasteiger partial charge on any atom is 0.304 e. The monoisotopic (exact) mass is 218 g/mol. The van der Waals surface area contributed by atoms with Crippen molar-refractivity contribution >= 4 is 29.3 Å². The van der Waals surface area contributed by atoms with Crippen LogP contribution in [0.4, 0.5) is 0 Å². The molecule has 70 valence electrons. The molecule has 0 bridgehead atoms. The lowest BCUT2D eigenvalue weighted by molar-refractivity contribution is -0.136. The Hall–Kier alpha value is -0.810. The van der Waals surface area contributed by atoms with E-state index in [1.807, 2.05) is 0 Å². The van der Waals surface area contributed by atoms with Crippen LogP contribution in [0.2, 0.25) is 5.02 Å². The Balaban J connectivity index is 2.45. The van der Waals surface area contributed by atoms with Gasteiger partial charge in [-0.1, -0.05) is 11.6 Å². The zero-order valence-corrected chi connectivity index (χ0v) is 8.18. The summed E-state index contributed by atoms with van der Waals surface area (Å²) in [6, 6.07) is 0. The van der Waals surface area contributed by atoms with Gasteiger partial charge in [0.2, 0.25) is 0 Å². The summed E-state index contributed by atoms with van der Waals surface area (Å²) >= 11 is 7.06. The molecule has 1 heterocycles. The first-order chi connectivity index (χ1) is 6.20. The number of halogens is 1. The molecule has 0 aliphatic heterocycles. The van der Waals surface area contributed by atoms with Crippen LogP contribution in [0.15, 0.2) is 17.6 Å². The van der Waals surface area contributed by atoms with Gasteiger partial charge in [-0.05, 0) is 0 Å². The van der Waals surface area contributed by atoms with Gasteiger partial charge in [0.15, 0.2) is 0 Å². The van der Waals surface area contributed by atoms with Gasteiger partial charge in [0.05, 0.1) is 17.6 Å². The SMILES string of the molecule is O=C(O)CCSc1ncncc1Cl. The van der Waals surface area contributed by atoms with Crippen molar-refractivity contribution in [2.75, 3.05) is 5.75 Å². The molecule has 0 radical (unpaired) electrons. The Labute approximate surface area is 84.3 Å². The van der Waals surface area contributed by atoms with Crippen LogP contribution in [-0.2, 0) is 4.79 Å². The molecule has 13 heavy (non-hydrogen) atoms. The standard InChI is InChI=1S/C7H7ClN2O2S/c8-5-3-9-4-10-7(5)13-2-1-6(11)12/h3-4H,1-2H2,(H,11,12). The molecule has 1 rings (SSSR count). The zero-order valence-electron chi connectivity index (χ0n) is 6.61. The molecule has 0 amide bonds. The lowest BCUT2D eigenvalue weighted by Crippen LogP contribution is -1.96. The molecule has 4 nitrogen and oxygen atoms in total. The van der Waals surface area contributed by atoms with E-state index in [4.69, 9.17) is 16.7 Å². The summed E-state index contributed by atoms with van der Waals surface area (Å²) in [5.74, 6) is -0.357. The molecular formula is C7H7ClN2O2S. The molecular weight excluding hydrogens is 212 g/mol. The Morgan fingerprint density at radius 1 is 1.69 bits per heavy atom. The minimum atomic E-state index is -0.822. The summed E-state index contributed by atoms with van der Waals surface area (Å²) < 4.78 is 0. The number of carboxylic acids is 1. The molecule has 1 aromatic rings. The minimum absolute atomic E-state index is 0.102. The lowest BCUT2D eigenvalue weighted by atomic mass is 10.5. The zero-order chi connectivity index (χ0) is 9.68. The van der Waals surface area contributed by atoms with Crippen molar-refractivity contribution in [3.05, 3.63) is 17.5 Å². The van der Waals surface area contributed by atoms with E-state index < -0.39 is 5.97 Å². The lowest BCUT2D eigenvalue weighted by Gasteiger charge is -1.99. The second-order valence-corrected chi connectivity index (χ2v) is 3.66. The highest BCUT2D eigenvalue weighted by atomic mass is 35.5. The molecule has 6 heteroatoms. The highest BCUT2D eigenvalue weighted by molar-refractivity contribution is 7.99. The number of nitrogens with zero attached hydrogens (tertiary/aromatic N) is 2. The van der Waals surface area contributed by atoms with E-state index in [1.165, 1.54) is 24.3 Å². The molecule has 0 aliphatic rings. The second-order valence-electron chi connectivity index (χ2n) is 2.17. The van der Waals surface area contributed by atoms with E-state index in [0.29, 0.717) is 15.8 Å². The average Bonchev–Trinajstić information content (AvgIpc) is 2.08. The fourth-order valence-corrected chi connectivity index (χ4v) is 1.69. The number of carboxylic acid groups (broad SMARTS) is 1. The van der Waals surface area contributed by atoms with Gasteiger partial charge in [0.1, 0.15) is 11.4 Å². The molecule has 0 saturated heterocycles. The number of carbonyl (C=O) groups is 1. The summed E-state index contributed by atoms with van der Waals surface area (Å²) in [6.45, 7) is 0. The fraction of sp³-hybridized carbons (Fsp3) is 0.286. The van der Waals surface area contributed by atoms with Crippen LogP contribution < -0.4 is 0 Å². The van der Waals surface area contributed by atoms with E-state index >= 15 is 0 Å². The Morgan fingerprint density at radius 2 is 2.46 bits per heavy atom. The first-order valence-electron chi connectivity index (χ1n) is 3.50. The molecule has 0 aromatic carbocycles. The van der Waals surface area contributed by atoms with Gasteiger partial charge in [-0.3, -0.25) is 4.79 Å². The van der Waals surface area contributed by atoms with Crippen molar-refractivity contribution in [3.8, 4) is 0 Å². The fourth-order valence-electron chi connectivity index (χ4n) is 0.643.